The maximum atomic E-state index is 13.4. The molecule has 2 aliphatic rings. The van der Waals surface area contributed by atoms with Gasteiger partial charge in [-0.1, -0.05) is 0 Å². The summed E-state index contributed by atoms with van der Waals surface area (Å²) in [6.45, 7) is 6.78. The number of fused-ring (bicyclic) bond motifs is 1. The Hall–Kier alpha value is -1.73. The Morgan fingerprint density at radius 1 is 1.14 bits per heavy atom. The molecule has 29 heavy (non-hydrogen) atoms. The molecule has 3 heterocycles. The van der Waals surface area contributed by atoms with Crippen molar-refractivity contribution in [3.63, 3.8) is 0 Å². The van der Waals surface area contributed by atoms with Gasteiger partial charge in [0.05, 0.1) is 4.88 Å². The number of halogens is 2. The summed E-state index contributed by atoms with van der Waals surface area (Å²) in [4.78, 5) is 17.3. The number of carbonyl (C=O) groups is 1. The van der Waals surface area contributed by atoms with Crippen LogP contribution in [0.2, 0.25) is 0 Å². The summed E-state index contributed by atoms with van der Waals surface area (Å²) in [7, 11) is 0. The van der Waals surface area contributed by atoms with Crippen molar-refractivity contribution in [1.29, 1.82) is 0 Å². The number of benzene rings is 1. The van der Waals surface area contributed by atoms with E-state index in [4.69, 9.17) is 4.74 Å². The molecule has 0 atom stereocenters. The molecule has 0 saturated carbocycles. The predicted molar refractivity (Wildman–Crippen MR) is 112 cm³/mol. The number of rotatable bonds is 4. The summed E-state index contributed by atoms with van der Waals surface area (Å²) in [6.07, 6.45) is 1.75. The smallest absolute Gasteiger partial charge is 0.263 e. The summed E-state index contributed by atoms with van der Waals surface area (Å²) >= 11 is 1.41. The number of thiophene rings is 1. The summed E-state index contributed by atoms with van der Waals surface area (Å²) in [5.41, 5.74) is 0. The van der Waals surface area contributed by atoms with Gasteiger partial charge in [0.15, 0.2) is 0 Å². The molecule has 2 aromatic rings. The Kier molecular flexibility index (Phi) is 5.80. The Balaban J connectivity index is 1.41. The van der Waals surface area contributed by atoms with Crippen LogP contribution >= 0.6 is 11.3 Å². The fourth-order valence-electron chi connectivity index (χ4n) is 4.09. The number of likely N-dealkylation sites (tertiary alicyclic amines) is 2. The fourth-order valence-corrected chi connectivity index (χ4v) is 5.14. The van der Waals surface area contributed by atoms with Crippen LogP contribution < -0.4 is 4.74 Å². The van der Waals surface area contributed by atoms with Crippen LogP contribution in [0.3, 0.4) is 0 Å². The molecule has 0 N–H and O–H groups in total. The van der Waals surface area contributed by atoms with Crippen LogP contribution in [0.5, 0.6) is 5.75 Å². The Morgan fingerprint density at radius 2 is 1.83 bits per heavy atom. The molecule has 0 aliphatic carbocycles. The minimum absolute atomic E-state index is 0.115. The van der Waals surface area contributed by atoms with Gasteiger partial charge < -0.3 is 14.5 Å². The van der Waals surface area contributed by atoms with E-state index in [1.54, 1.807) is 4.90 Å². The van der Waals surface area contributed by atoms with E-state index < -0.39 is 5.92 Å². The third-order valence-corrected chi connectivity index (χ3v) is 7.08. The number of nitrogens with zero attached hydrogens (tertiary/aromatic N) is 2. The molecule has 1 amide bonds. The molecule has 2 saturated heterocycles. The highest BCUT2D eigenvalue weighted by Crippen LogP contribution is 2.33. The maximum absolute atomic E-state index is 13.4. The van der Waals surface area contributed by atoms with Crippen molar-refractivity contribution < 1.29 is 18.3 Å². The van der Waals surface area contributed by atoms with E-state index in [-0.39, 0.29) is 37.9 Å². The number of hydrogen-bond acceptors (Lipinski definition) is 4. The van der Waals surface area contributed by atoms with Crippen LogP contribution in [0, 0.1) is 0 Å². The van der Waals surface area contributed by atoms with Crippen LogP contribution in [0.4, 0.5) is 8.78 Å². The molecule has 1 aromatic carbocycles. The van der Waals surface area contributed by atoms with Gasteiger partial charge in [0, 0.05) is 49.8 Å². The number of ether oxygens (including phenoxy) is 1. The van der Waals surface area contributed by atoms with Crippen LogP contribution in [-0.2, 0) is 0 Å². The first-order valence-electron chi connectivity index (χ1n) is 10.4. The third kappa shape index (κ3) is 4.72. The minimum Gasteiger partial charge on any atom is -0.490 e. The van der Waals surface area contributed by atoms with Gasteiger partial charge in [-0.05, 0) is 56.3 Å². The number of piperidine rings is 2. The summed E-state index contributed by atoms with van der Waals surface area (Å²) in [5, 5.41) is 0.989. The fraction of sp³-hybridized carbons (Fsp3) is 0.591. The molecule has 2 fully saturated rings. The highest BCUT2D eigenvalue weighted by molar-refractivity contribution is 7.20. The molecule has 7 heteroatoms. The normalized spacial score (nSPS) is 21.1. The lowest BCUT2D eigenvalue weighted by Crippen LogP contribution is -2.42. The van der Waals surface area contributed by atoms with E-state index in [0.717, 1.165) is 41.8 Å². The zero-order chi connectivity index (χ0) is 20.6. The minimum atomic E-state index is -2.64. The number of alkyl halides is 2. The second kappa shape index (κ2) is 8.19. The molecule has 158 valence electrons. The standard InChI is InChI=1S/C22H28F2N2O2S/c1-15(2)25-9-5-17(6-10-25)28-18-4-3-16-13-20(29-19(16)14-18)21(27)26-11-7-22(23,24)8-12-26/h3-4,13-15,17H,5-12H2,1-2H3. The summed E-state index contributed by atoms with van der Waals surface area (Å²) in [5.74, 6) is -1.96. The van der Waals surface area contributed by atoms with E-state index >= 15 is 0 Å². The number of amides is 1. The quantitative estimate of drug-likeness (QED) is 0.693. The summed E-state index contributed by atoms with van der Waals surface area (Å²) in [6, 6.07) is 8.36. The van der Waals surface area contributed by atoms with Gasteiger partial charge in [0.25, 0.3) is 11.8 Å². The molecular formula is C22H28F2N2O2S. The van der Waals surface area contributed by atoms with Crippen LogP contribution in [0.15, 0.2) is 24.3 Å². The van der Waals surface area contributed by atoms with E-state index in [1.165, 1.54) is 11.3 Å². The van der Waals surface area contributed by atoms with E-state index in [9.17, 15) is 13.6 Å². The van der Waals surface area contributed by atoms with Crippen molar-refractivity contribution in [2.24, 2.45) is 0 Å². The van der Waals surface area contributed by atoms with Gasteiger partial charge in [-0.25, -0.2) is 8.78 Å². The van der Waals surface area contributed by atoms with Crippen molar-refractivity contribution in [1.82, 2.24) is 9.80 Å². The van der Waals surface area contributed by atoms with Crippen molar-refractivity contribution in [2.75, 3.05) is 26.2 Å². The second-order valence-corrected chi connectivity index (χ2v) is 9.49. The lowest BCUT2D eigenvalue weighted by molar-refractivity contribution is -0.0493. The molecule has 0 unspecified atom stereocenters. The van der Waals surface area contributed by atoms with Crippen molar-refractivity contribution in [3.05, 3.63) is 29.1 Å². The van der Waals surface area contributed by atoms with Gasteiger partial charge in [-0.3, -0.25) is 4.79 Å². The van der Waals surface area contributed by atoms with Gasteiger partial charge in [-0.2, -0.15) is 0 Å². The van der Waals surface area contributed by atoms with Crippen molar-refractivity contribution >= 4 is 27.3 Å². The number of hydrogen-bond donors (Lipinski definition) is 0. The first kappa shape index (κ1) is 20.5. The van der Waals surface area contributed by atoms with Gasteiger partial charge in [0.2, 0.25) is 0 Å². The van der Waals surface area contributed by atoms with E-state index in [0.29, 0.717) is 10.9 Å². The zero-order valence-corrected chi connectivity index (χ0v) is 17.8. The molecule has 0 radical (unpaired) electrons. The van der Waals surface area contributed by atoms with Crippen LogP contribution in [-0.4, -0.2) is 60.0 Å². The predicted octanol–water partition coefficient (Wildman–Crippen LogP) is 5.02. The third-order valence-electron chi connectivity index (χ3n) is 5.99. The van der Waals surface area contributed by atoms with Crippen LogP contribution in [0.1, 0.15) is 49.2 Å². The summed E-state index contributed by atoms with van der Waals surface area (Å²) < 4.78 is 33.9. The molecule has 4 nitrogen and oxygen atoms in total. The average molecular weight is 423 g/mol. The van der Waals surface area contributed by atoms with Crippen LogP contribution in [0.25, 0.3) is 10.1 Å². The molecular weight excluding hydrogens is 394 g/mol. The van der Waals surface area contributed by atoms with Gasteiger partial charge >= 0.3 is 0 Å². The van der Waals surface area contributed by atoms with Gasteiger partial charge in [0.1, 0.15) is 11.9 Å². The number of carbonyl (C=O) groups excluding carboxylic acids is 1. The monoisotopic (exact) mass is 422 g/mol. The second-order valence-electron chi connectivity index (χ2n) is 8.41. The van der Waals surface area contributed by atoms with E-state index in [2.05, 4.69) is 18.7 Å². The average Bonchev–Trinajstić information content (AvgIpc) is 3.11. The molecule has 0 spiro atoms. The molecule has 0 bridgehead atoms. The van der Waals surface area contributed by atoms with Gasteiger partial charge in [-0.15, -0.1) is 11.3 Å². The molecule has 4 rings (SSSR count). The Labute approximate surface area is 174 Å². The first-order valence-corrected chi connectivity index (χ1v) is 11.2. The van der Waals surface area contributed by atoms with Crippen molar-refractivity contribution in [3.8, 4) is 5.75 Å². The lowest BCUT2D eigenvalue weighted by Gasteiger charge is -2.34. The largest absolute Gasteiger partial charge is 0.490 e. The zero-order valence-electron chi connectivity index (χ0n) is 17.0. The molecule has 2 aliphatic heterocycles. The Morgan fingerprint density at radius 3 is 2.48 bits per heavy atom. The molecule has 1 aromatic heterocycles. The van der Waals surface area contributed by atoms with E-state index in [1.807, 2.05) is 24.3 Å². The highest BCUT2D eigenvalue weighted by Gasteiger charge is 2.36. The highest BCUT2D eigenvalue weighted by atomic mass is 32.1. The SMILES string of the molecule is CC(C)N1CCC(Oc2ccc3cc(C(=O)N4CCC(F)(F)CC4)sc3c2)CC1. The lowest BCUT2D eigenvalue weighted by atomic mass is 10.1. The Bertz CT molecular complexity index is 865. The maximum Gasteiger partial charge on any atom is 0.263 e. The van der Waals surface area contributed by atoms with Crippen molar-refractivity contribution in [2.45, 2.75) is 57.6 Å². The first-order chi connectivity index (χ1) is 13.8. The topological polar surface area (TPSA) is 32.8 Å².